The van der Waals surface area contributed by atoms with Crippen LogP contribution in [0.4, 0.5) is 43.9 Å². The molecule has 0 heterocycles. The smallest absolute Gasteiger partial charge is 0.200 e. The maximum Gasteiger partial charge on any atom is 0.200 e. The number of rotatable bonds is 5. The number of hydrogen-bond donors (Lipinski definition) is 0. The molecule has 0 amide bonds. The topological polar surface area (TPSA) is 0 Å². The van der Waals surface area contributed by atoms with Crippen LogP contribution in [0.3, 0.4) is 0 Å². The summed E-state index contributed by atoms with van der Waals surface area (Å²) >= 11 is 0. The Morgan fingerprint density at radius 2 is 0.500 bits per heavy atom. The summed E-state index contributed by atoms with van der Waals surface area (Å²) < 4.78 is 155. The highest BCUT2D eigenvalue weighted by molar-refractivity contribution is 6.29. The molecule has 0 bridgehead atoms. The molecule has 0 saturated carbocycles. The number of halogens is 10. The summed E-state index contributed by atoms with van der Waals surface area (Å²) in [6, 6.07) is 41.4. The van der Waals surface area contributed by atoms with Crippen molar-refractivity contribution in [3.8, 4) is 55.6 Å². The highest BCUT2D eigenvalue weighted by Gasteiger charge is 2.33. The highest BCUT2D eigenvalue weighted by atomic mass is 19.2. The minimum absolute atomic E-state index is 0.302. The molecule has 0 nitrogen and oxygen atoms in total. The van der Waals surface area contributed by atoms with Crippen LogP contribution in [0.1, 0.15) is 0 Å². The number of hydrogen-bond acceptors (Lipinski definition) is 0. The van der Waals surface area contributed by atoms with Gasteiger partial charge in [-0.25, -0.2) is 43.9 Å². The maximum absolute atomic E-state index is 16.2. The van der Waals surface area contributed by atoms with Crippen molar-refractivity contribution in [2.24, 2.45) is 0 Å². The summed E-state index contributed by atoms with van der Waals surface area (Å²) in [5.74, 6) is -22.6. The average molecular weight is 839 g/mol. The van der Waals surface area contributed by atoms with Crippen molar-refractivity contribution >= 4 is 43.1 Å². The molecule has 0 N–H and O–H groups in total. The number of fused-ring (bicyclic) bond motifs is 5. The van der Waals surface area contributed by atoms with Crippen molar-refractivity contribution in [2.75, 3.05) is 0 Å². The van der Waals surface area contributed by atoms with E-state index in [-0.39, 0.29) is 21.5 Å². The molecular formula is C52H24F10. The molecule has 0 atom stereocenters. The van der Waals surface area contributed by atoms with Crippen LogP contribution in [0.25, 0.3) is 98.7 Å². The quantitative estimate of drug-likeness (QED) is 0.0533. The Hall–Kier alpha value is -7.46. The Labute approximate surface area is 345 Å². The first kappa shape index (κ1) is 38.7. The van der Waals surface area contributed by atoms with E-state index in [1.165, 1.54) is 36.4 Å². The molecule has 10 aromatic rings. The number of benzene rings is 10. The molecule has 0 radical (unpaired) electrons. The van der Waals surface area contributed by atoms with Gasteiger partial charge in [0.05, 0.1) is 11.1 Å². The summed E-state index contributed by atoms with van der Waals surface area (Å²) in [7, 11) is 0. The highest BCUT2D eigenvalue weighted by Crippen LogP contribution is 2.52. The molecule has 10 aromatic carbocycles. The Balaban J connectivity index is 1.49. The van der Waals surface area contributed by atoms with Gasteiger partial charge in [0.15, 0.2) is 46.5 Å². The minimum atomic E-state index is -2.42. The normalized spacial score (nSPS) is 11.7. The van der Waals surface area contributed by atoms with Crippen molar-refractivity contribution in [1.29, 1.82) is 0 Å². The first-order valence-electron chi connectivity index (χ1n) is 19.1. The molecule has 0 aliphatic heterocycles. The summed E-state index contributed by atoms with van der Waals surface area (Å²) in [4.78, 5) is 0. The van der Waals surface area contributed by atoms with Gasteiger partial charge >= 0.3 is 0 Å². The fourth-order valence-electron chi connectivity index (χ4n) is 8.73. The average Bonchev–Trinajstić information content (AvgIpc) is 3.31. The molecule has 10 heteroatoms. The Bertz CT molecular complexity index is 3450. The van der Waals surface area contributed by atoms with Crippen molar-refractivity contribution in [3.05, 3.63) is 204 Å². The lowest BCUT2D eigenvalue weighted by Crippen LogP contribution is -2.07. The molecule has 0 spiro atoms. The van der Waals surface area contributed by atoms with E-state index in [1.807, 2.05) is 78.9 Å². The van der Waals surface area contributed by atoms with Gasteiger partial charge in [0.2, 0.25) is 11.6 Å². The first-order chi connectivity index (χ1) is 30.0. The first-order valence-corrected chi connectivity index (χ1v) is 19.1. The summed E-state index contributed by atoms with van der Waals surface area (Å²) in [5.41, 5.74) is 0.571. The van der Waals surface area contributed by atoms with Crippen LogP contribution in [0.2, 0.25) is 0 Å². The molecule has 0 unspecified atom stereocenters. The van der Waals surface area contributed by atoms with E-state index in [4.69, 9.17) is 0 Å². The van der Waals surface area contributed by atoms with Gasteiger partial charge in [0, 0.05) is 11.1 Å². The molecule has 302 valence electrons. The lowest BCUT2D eigenvalue weighted by Gasteiger charge is -2.23. The SMILES string of the molecule is Fc1c(F)c(F)c(-c2c3ccccc3c(-c3c(F)c(F)c(F)c(F)c3F)c3cc4c(cc23)c(-c2ccccc2)c(-c2cccc(-c3ccccc3)c2)c2ccccc24)c(F)c1F. The van der Waals surface area contributed by atoms with Gasteiger partial charge in [-0.15, -0.1) is 0 Å². The van der Waals surface area contributed by atoms with Crippen LogP contribution >= 0.6 is 0 Å². The second-order valence-electron chi connectivity index (χ2n) is 14.7. The van der Waals surface area contributed by atoms with Crippen LogP contribution < -0.4 is 0 Å². The van der Waals surface area contributed by atoms with Crippen LogP contribution in [0.15, 0.2) is 146 Å². The zero-order chi connectivity index (χ0) is 43.1. The third-order valence-corrected chi connectivity index (χ3v) is 11.4. The van der Waals surface area contributed by atoms with Gasteiger partial charge in [0.1, 0.15) is 0 Å². The zero-order valence-corrected chi connectivity index (χ0v) is 31.6. The predicted octanol–water partition coefficient (Wildman–Crippen LogP) is 16.0. The van der Waals surface area contributed by atoms with E-state index in [1.54, 1.807) is 30.3 Å². The van der Waals surface area contributed by atoms with Crippen molar-refractivity contribution < 1.29 is 43.9 Å². The van der Waals surface area contributed by atoms with E-state index in [0.717, 1.165) is 16.7 Å². The minimum Gasteiger partial charge on any atom is -0.203 e. The van der Waals surface area contributed by atoms with Crippen molar-refractivity contribution in [3.63, 3.8) is 0 Å². The van der Waals surface area contributed by atoms with Gasteiger partial charge in [-0.1, -0.05) is 127 Å². The predicted molar refractivity (Wildman–Crippen MR) is 223 cm³/mol. The van der Waals surface area contributed by atoms with Crippen molar-refractivity contribution in [2.45, 2.75) is 0 Å². The summed E-state index contributed by atoms with van der Waals surface area (Å²) in [6.45, 7) is 0. The van der Waals surface area contributed by atoms with E-state index >= 15 is 35.1 Å². The Morgan fingerprint density at radius 1 is 0.177 bits per heavy atom. The summed E-state index contributed by atoms with van der Waals surface area (Å²) in [5, 5.41) is 0.754. The van der Waals surface area contributed by atoms with Crippen LogP contribution in [-0.2, 0) is 0 Å². The molecule has 0 aliphatic rings. The molecule has 62 heavy (non-hydrogen) atoms. The molecular weight excluding hydrogens is 815 g/mol. The van der Waals surface area contributed by atoms with E-state index in [9.17, 15) is 8.78 Å². The monoisotopic (exact) mass is 838 g/mol. The fraction of sp³-hybridized carbons (Fsp3) is 0. The maximum atomic E-state index is 16.2. The standard InChI is InChI=1S/C52H24F10/c53-43-41(44(54)48(58)51(61)47(43)57)39-31-20-9-10-21-32(31)40(42-45(55)49(59)52(62)50(60)46(42)56)36-24-34-33(23-35(36)39)29-18-7-8-19-30(29)38(37(34)26-14-5-2-6-15-26)28-17-11-16-27(22-28)25-12-3-1-4-13-25/h1-24H. The summed E-state index contributed by atoms with van der Waals surface area (Å²) in [6.07, 6.45) is 0. The van der Waals surface area contributed by atoms with E-state index < -0.39 is 80.4 Å². The molecule has 0 aliphatic carbocycles. The molecule has 10 rings (SSSR count). The lowest BCUT2D eigenvalue weighted by molar-refractivity contribution is 0.381. The molecule has 0 saturated heterocycles. The second kappa shape index (κ2) is 14.6. The van der Waals surface area contributed by atoms with Gasteiger partial charge < -0.3 is 0 Å². The zero-order valence-electron chi connectivity index (χ0n) is 31.6. The second-order valence-corrected chi connectivity index (χ2v) is 14.7. The van der Waals surface area contributed by atoms with Gasteiger partial charge in [-0.2, -0.15) is 0 Å². The largest absolute Gasteiger partial charge is 0.203 e. The van der Waals surface area contributed by atoms with E-state index in [0.29, 0.717) is 38.2 Å². The van der Waals surface area contributed by atoms with Crippen LogP contribution in [0.5, 0.6) is 0 Å². The van der Waals surface area contributed by atoms with Crippen LogP contribution in [-0.4, -0.2) is 0 Å². The van der Waals surface area contributed by atoms with E-state index in [2.05, 4.69) is 0 Å². The Morgan fingerprint density at radius 3 is 0.984 bits per heavy atom. The van der Waals surface area contributed by atoms with Crippen LogP contribution in [0, 0.1) is 58.2 Å². The van der Waals surface area contributed by atoms with Gasteiger partial charge in [-0.3, -0.25) is 0 Å². The van der Waals surface area contributed by atoms with Gasteiger partial charge in [-0.05, 0) is 94.7 Å². The third-order valence-electron chi connectivity index (χ3n) is 11.4. The fourth-order valence-corrected chi connectivity index (χ4v) is 8.73. The van der Waals surface area contributed by atoms with Gasteiger partial charge in [0.25, 0.3) is 0 Å². The molecule has 0 fully saturated rings. The Kier molecular flexibility index (Phi) is 9.13. The molecule has 0 aromatic heterocycles. The lowest BCUT2D eigenvalue weighted by atomic mass is 9.80. The van der Waals surface area contributed by atoms with Crippen molar-refractivity contribution in [1.82, 2.24) is 0 Å². The third kappa shape index (κ3) is 5.70.